The molecule has 0 saturated heterocycles. The van der Waals surface area contributed by atoms with Crippen molar-refractivity contribution in [3.05, 3.63) is 23.8 Å². The summed E-state index contributed by atoms with van der Waals surface area (Å²) in [7, 11) is 1.67. The molecule has 1 aromatic carbocycles. The van der Waals surface area contributed by atoms with Crippen LogP contribution in [0.1, 0.15) is 38.2 Å². The minimum atomic E-state index is 0.663. The molecule has 3 nitrogen and oxygen atoms in total. The topological polar surface area (TPSA) is 30.5 Å². The van der Waals surface area contributed by atoms with Gasteiger partial charge in [0.15, 0.2) is 11.5 Å². The number of hydrogen-bond donors (Lipinski definition) is 1. The Hall–Kier alpha value is -1.22. The highest BCUT2D eigenvalue weighted by molar-refractivity contribution is 5.42. The molecule has 1 aliphatic carbocycles. The molecule has 1 fully saturated rings. The highest BCUT2D eigenvalue weighted by atomic mass is 16.5. The van der Waals surface area contributed by atoms with Crippen molar-refractivity contribution in [2.24, 2.45) is 0 Å². The SMILES string of the molecule is CCOc1cc(CNC2CCCC2)ccc1OC. The normalized spacial score (nSPS) is 15.9. The zero-order valence-electron chi connectivity index (χ0n) is 11.4. The summed E-state index contributed by atoms with van der Waals surface area (Å²) in [4.78, 5) is 0. The van der Waals surface area contributed by atoms with Gasteiger partial charge in [0.2, 0.25) is 0 Å². The van der Waals surface area contributed by atoms with Crippen LogP contribution < -0.4 is 14.8 Å². The Morgan fingerprint density at radius 3 is 2.67 bits per heavy atom. The molecule has 1 aliphatic rings. The molecule has 0 aromatic heterocycles. The van der Waals surface area contributed by atoms with Crippen LogP contribution in [0.25, 0.3) is 0 Å². The van der Waals surface area contributed by atoms with Crippen LogP contribution in [-0.4, -0.2) is 19.8 Å². The van der Waals surface area contributed by atoms with E-state index in [1.165, 1.54) is 31.2 Å². The molecule has 1 aromatic rings. The van der Waals surface area contributed by atoms with Crippen LogP contribution in [0.2, 0.25) is 0 Å². The summed E-state index contributed by atoms with van der Waals surface area (Å²) in [5.41, 5.74) is 1.26. The molecule has 18 heavy (non-hydrogen) atoms. The van der Waals surface area contributed by atoms with Crippen LogP contribution >= 0.6 is 0 Å². The molecule has 3 heteroatoms. The van der Waals surface area contributed by atoms with E-state index in [4.69, 9.17) is 9.47 Å². The second kappa shape index (κ2) is 6.64. The lowest BCUT2D eigenvalue weighted by molar-refractivity contribution is 0.310. The summed E-state index contributed by atoms with van der Waals surface area (Å²) in [6.07, 6.45) is 5.36. The maximum Gasteiger partial charge on any atom is 0.161 e. The highest BCUT2D eigenvalue weighted by Crippen LogP contribution is 2.28. The molecule has 0 spiro atoms. The Morgan fingerprint density at radius 2 is 2.00 bits per heavy atom. The van der Waals surface area contributed by atoms with Crippen molar-refractivity contribution < 1.29 is 9.47 Å². The first-order valence-corrected chi connectivity index (χ1v) is 6.86. The van der Waals surface area contributed by atoms with E-state index in [9.17, 15) is 0 Å². The fourth-order valence-electron chi connectivity index (χ4n) is 2.49. The van der Waals surface area contributed by atoms with Crippen molar-refractivity contribution in [2.45, 2.75) is 45.2 Å². The fraction of sp³-hybridized carbons (Fsp3) is 0.600. The van der Waals surface area contributed by atoms with E-state index in [0.29, 0.717) is 12.6 Å². The van der Waals surface area contributed by atoms with Gasteiger partial charge in [0.05, 0.1) is 13.7 Å². The van der Waals surface area contributed by atoms with Gasteiger partial charge in [-0.2, -0.15) is 0 Å². The minimum absolute atomic E-state index is 0.663. The minimum Gasteiger partial charge on any atom is -0.493 e. The summed E-state index contributed by atoms with van der Waals surface area (Å²) in [6, 6.07) is 6.85. The molecule has 0 bridgehead atoms. The van der Waals surface area contributed by atoms with E-state index in [1.54, 1.807) is 7.11 Å². The van der Waals surface area contributed by atoms with Crippen LogP contribution in [0.4, 0.5) is 0 Å². The number of methoxy groups -OCH3 is 1. The highest BCUT2D eigenvalue weighted by Gasteiger charge is 2.14. The first-order chi connectivity index (χ1) is 8.83. The van der Waals surface area contributed by atoms with Crippen molar-refractivity contribution >= 4 is 0 Å². The van der Waals surface area contributed by atoms with Crippen molar-refractivity contribution in [3.63, 3.8) is 0 Å². The summed E-state index contributed by atoms with van der Waals surface area (Å²) in [5.74, 6) is 1.65. The summed E-state index contributed by atoms with van der Waals surface area (Å²) in [5, 5.41) is 3.61. The Balaban J connectivity index is 1.96. The largest absolute Gasteiger partial charge is 0.493 e. The molecule has 0 unspecified atom stereocenters. The van der Waals surface area contributed by atoms with E-state index in [-0.39, 0.29) is 0 Å². The van der Waals surface area contributed by atoms with Crippen LogP contribution in [0, 0.1) is 0 Å². The quantitative estimate of drug-likeness (QED) is 0.840. The molecule has 0 aliphatic heterocycles. The van der Waals surface area contributed by atoms with Crippen LogP contribution in [0.15, 0.2) is 18.2 Å². The molecule has 100 valence electrons. The molecule has 2 rings (SSSR count). The third-order valence-corrected chi connectivity index (χ3v) is 3.48. The van der Waals surface area contributed by atoms with Gasteiger partial charge < -0.3 is 14.8 Å². The average molecular weight is 249 g/mol. The smallest absolute Gasteiger partial charge is 0.161 e. The average Bonchev–Trinajstić information content (AvgIpc) is 2.90. The van der Waals surface area contributed by atoms with E-state index >= 15 is 0 Å². The van der Waals surface area contributed by atoms with Gasteiger partial charge in [-0.1, -0.05) is 18.9 Å². The Morgan fingerprint density at radius 1 is 1.22 bits per heavy atom. The van der Waals surface area contributed by atoms with Gasteiger partial charge in [-0.05, 0) is 37.5 Å². The predicted molar refractivity (Wildman–Crippen MR) is 73.3 cm³/mol. The maximum atomic E-state index is 5.59. The van der Waals surface area contributed by atoms with Crippen molar-refractivity contribution in [3.8, 4) is 11.5 Å². The standard InChI is InChI=1S/C15H23NO2/c1-3-18-15-10-12(8-9-14(15)17-2)11-16-13-6-4-5-7-13/h8-10,13,16H,3-7,11H2,1-2H3. The van der Waals surface area contributed by atoms with Crippen molar-refractivity contribution in [1.82, 2.24) is 5.32 Å². The molecule has 1 N–H and O–H groups in total. The monoisotopic (exact) mass is 249 g/mol. The first kappa shape index (κ1) is 13.2. The Kier molecular flexibility index (Phi) is 4.88. The van der Waals surface area contributed by atoms with Gasteiger partial charge in [-0.25, -0.2) is 0 Å². The molecule has 1 saturated carbocycles. The van der Waals surface area contributed by atoms with Gasteiger partial charge in [-0.15, -0.1) is 0 Å². The number of rotatable bonds is 6. The van der Waals surface area contributed by atoms with E-state index in [2.05, 4.69) is 17.4 Å². The third kappa shape index (κ3) is 3.39. The number of ether oxygens (including phenoxy) is 2. The lowest BCUT2D eigenvalue weighted by Gasteiger charge is -2.14. The van der Waals surface area contributed by atoms with Crippen LogP contribution in [0.3, 0.4) is 0 Å². The van der Waals surface area contributed by atoms with E-state index in [0.717, 1.165) is 18.0 Å². The second-order valence-electron chi connectivity index (χ2n) is 4.78. The molecule has 0 amide bonds. The van der Waals surface area contributed by atoms with Crippen LogP contribution in [-0.2, 0) is 6.54 Å². The zero-order chi connectivity index (χ0) is 12.8. The lowest BCUT2D eigenvalue weighted by atomic mass is 10.1. The van der Waals surface area contributed by atoms with Gasteiger partial charge in [0.1, 0.15) is 0 Å². The Labute approximate surface area is 109 Å². The van der Waals surface area contributed by atoms with E-state index < -0.39 is 0 Å². The number of hydrogen-bond acceptors (Lipinski definition) is 3. The maximum absolute atomic E-state index is 5.59. The zero-order valence-corrected chi connectivity index (χ0v) is 11.4. The molecule has 0 heterocycles. The fourth-order valence-corrected chi connectivity index (χ4v) is 2.49. The van der Waals surface area contributed by atoms with Gasteiger partial charge in [0, 0.05) is 12.6 Å². The van der Waals surface area contributed by atoms with Crippen molar-refractivity contribution in [2.75, 3.05) is 13.7 Å². The molecular weight excluding hydrogens is 226 g/mol. The summed E-state index contributed by atoms with van der Waals surface area (Å²) in [6.45, 7) is 3.56. The van der Waals surface area contributed by atoms with E-state index in [1.807, 2.05) is 13.0 Å². The summed E-state index contributed by atoms with van der Waals surface area (Å²) >= 11 is 0. The molecule has 0 atom stereocenters. The number of nitrogens with one attached hydrogen (secondary N) is 1. The predicted octanol–water partition coefficient (Wildman–Crippen LogP) is 3.13. The second-order valence-corrected chi connectivity index (χ2v) is 4.78. The number of benzene rings is 1. The third-order valence-electron chi connectivity index (χ3n) is 3.48. The van der Waals surface area contributed by atoms with Crippen molar-refractivity contribution in [1.29, 1.82) is 0 Å². The Bertz CT molecular complexity index is 373. The molecular formula is C15H23NO2. The van der Waals surface area contributed by atoms with Gasteiger partial charge >= 0.3 is 0 Å². The summed E-state index contributed by atoms with van der Waals surface area (Å²) < 4.78 is 10.9. The van der Waals surface area contributed by atoms with Crippen LogP contribution in [0.5, 0.6) is 11.5 Å². The van der Waals surface area contributed by atoms with Gasteiger partial charge in [0.25, 0.3) is 0 Å². The van der Waals surface area contributed by atoms with Gasteiger partial charge in [-0.3, -0.25) is 0 Å². The lowest BCUT2D eigenvalue weighted by Crippen LogP contribution is -2.25. The molecule has 0 radical (unpaired) electrons. The first-order valence-electron chi connectivity index (χ1n) is 6.86.